The topological polar surface area (TPSA) is 156 Å². The molecule has 6 N–H and O–H groups in total. The molecule has 0 aliphatic carbocycles. The van der Waals surface area contributed by atoms with Crippen LogP contribution in [0.3, 0.4) is 0 Å². The van der Waals surface area contributed by atoms with Crippen LogP contribution in [0, 0.1) is 0 Å². The van der Waals surface area contributed by atoms with Crippen molar-refractivity contribution in [3.8, 4) is 0 Å². The molecular formula is C34H49N7O3S. The van der Waals surface area contributed by atoms with Crippen LogP contribution in [0.1, 0.15) is 88.8 Å². The van der Waals surface area contributed by atoms with E-state index in [1.165, 1.54) is 11.3 Å². The van der Waals surface area contributed by atoms with E-state index in [2.05, 4.69) is 20.8 Å². The van der Waals surface area contributed by atoms with Crippen molar-refractivity contribution in [2.45, 2.75) is 92.0 Å². The monoisotopic (exact) mass is 635 g/mol. The first-order valence-corrected chi connectivity index (χ1v) is 16.5. The summed E-state index contributed by atoms with van der Waals surface area (Å²) in [6, 6.07) is 7.82. The number of carbonyl (C=O) groups is 3. The highest BCUT2D eigenvalue weighted by Gasteiger charge is 2.18. The molecule has 3 amide bonds. The van der Waals surface area contributed by atoms with E-state index in [4.69, 9.17) is 11.5 Å². The SMILES string of the molecule is C/C=C\C(=C/C)CC(=O)N/C(N)=C/C=C(\N)CCCCc1nnc(NC(=O)Cc2cccc(CN3CCCCC3=O)c2)s1.CC. The third-order valence-corrected chi connectivity index (χ3v) is 7.75. The van der Waals surface area contributed by atoms with Crippen molar-refractivity contribution in [1.29, 1.82) is 0 Å². The second-order valence-corrected chi connectivity index (χ2v) is 11.5. The van der Waals surface area contributed by atoms with Gasteiger partial charge in [0, 0.05) is 31.6 Å². The van der Waals surface area contributed by atoms with Crippen LogP contribution < -0.4 is 22.1 Å². The Balaban J connectivity index is 0.00000345. The van der Waals surface area contributed by atoms with Crippen molar-refractivity contribution in [3.05, 3.63) is 87.9 Å². The number of allylic oxidation sites excluding steroid dienone is 6. The third-order valence-electron chi connectivity index (χ3n) is 6.85. The molecule has 0 bridgehead atoms. The lowest BCUT2D eigenvalue weighted by molar-refractivity contribution is -0.133. The number of rotatable bonds is 15. The van der Waals surface area contributed by atoms with Crippen LogP contribution >= 0.6 is 11.3 Å². The molecule has 1 aromatic heterocycles. The number of carbonyl (C=O) groups excluding carboxylic acids is 3. The van der Waals surface area contributed by atoms with Gasteiger partial charge < -0.3 is 27.0 Å². The number of anilines is 1. The number of nitrogens with zero attached hydrogens (tertiary/aromatic N) is 3. The molecule has 0 radical (unpaired) electrons. The van der Waals surface area contributed by atoms with Crippen LogP contribution in [0.5, 0.6) is 0 Å². The Bertz CT molecular complexity index is 1380. The fourth-order valence-electron chi connectivity index (χ4n) is 4.63. The van der Waals surface area contributed by atoms with Gasteiger partial charge in [-0.05, 0) is 74.8 Å². The van der Waals surface area contributed by atoms with E-state index in [-0.39, 0.29) is 36.4 Å². The summed E-state index contributed by atoms with van der Waals surface area (Å²) in [6.07, 6.45) is 15.2. The largest absolute Gasteiger partial charge is 0.402 e. The fourth-order valence-corrected chi connectivity index (χ4v) is 5.43. The van der Waals surface area contributed by atoms with Crippen molar-refractivity contribution in [2.24, 2.45) is 11.5 Å². The standard InChI is InChI=1S/C32H43N7O3S.C2H6/c1-3-10-23(4-2)20-28(40)35-27(34)17-16-26(33)13-5-6-14-30-37-38-32(43-30)36-29(41)21-24-11-9-12-25(19-24)22-39-18-8-7-15-31(39)42;1-2/h3-4,9-12,16-17,19H,5-8,13-15,18,20-22,33-34H2,1-2H3,(H,35,40)(H,36,38,41);1-2H3/b10-3-,23-4+,26-16-,27-17+;. The van der Waals surface area contributed by atoms with Gasteiger partial charge in [-0.15, -0.1) is 10.2 Å². The van der Waals surface area contributed by atoms with E-state index < -0.39 is 0 Å². The molecule has 0 atom stereocenters. The molecule has 1 saturated heterocycles. The lowest BCUT2D eigenvalue weighted by atomic mass is 10.1. The molecule has 244 valence electrons. The van der Waals surface area contributed by atoms with Crippen LogP contribution in [0.2, 0.25) is 0 Å². The third kappa shape index (κ3) is 14.4. The Hall–Kier alpha value is -4.25. The number of hydrogen-bond acceptors (Lipinski definition) is 8. The number of hydrogen-bond donors (Lipinski definition) is 4. The first kappa shape index (κ1) is 36.9. The highest BCUT2D eigenvalue weighted by atomic mass is 32.1. The van der Waals surface area contributed by atoms with Gasteiger partial charge >= 0.3 is 0 Å². The van der Waals surface area contributed by atoms with Crippen LogP contribution in [-0.4, -0.2) is 39.4 Å². The summed E-state index contributed by atoms with van der Waals surface area (Å²) in [5.41, 5.74) is 15.5. The van der Waals surface area contributed by atoms with Crippen LogP contribution in [0.25, 0.3) is 0 Å². The van der Waals surface area contributed by atoms with E-state index in [1.54, 1.807) is 12.2 Å². The Kier molecular flexibility index (Phi) is 17.0. The van der Waals surface area contributed by atoms with Gasteiger partial charge in [-0.1, -0.05) is 67.7 Å². The van der Waals surface area contributed by atoms with Crippen LogP contribution in [-0.2, 0) is 33.8 Å². The Morgan fingerprint density at radius 2 is 1.82 bits per heavy atom. The zero-order chi connectivity index (χ0) is 33.0. The minimum atomic E-state index is -0.185. The Morgan fingerprint density at radius 1 is 1.04 bits per heavy atom. The Morgan fingerprint density at radius 3 is 2.56 bits per heavy atom. The second-order valence-electron chi connectivity index (χ2n) is 10.5. The maximum absolute atomic E-state index is 12.6. The second kappa shape index (κ2) is 20.7. The van der Waals surface area contributed by atoms with E-state index in [9.17, 15) is 14.4 Å². The number of likely N-dealkylation sites (tertiary alicyclic amines) is 1. The minimum Gasteiger partial charge on any atom is -0.402 e. The van der Waals surface area contributed by atoms with E-state index in [0.717, 1.165) is 60.4 Å². The minimum absolute atomic E-state index is 0.157. The molecule has 3 rings (SSSR count). The van der Waals surface area contributed by atoms with Gasteiger partial charge in [-0.25, -0.2) is 0 Å². The molecule has 45 heavy (non-hydrogen) atoms. The number of aromatic nitrogens is 2. The van der Waals surface area contributed by atoms with Crippen molar-refractivity contribution in [1.82, 2.24) is 20.4 Å². The molecule has 1 aromatic carbocycles. The normalized spacial score (nSPS) is 14.3. The number of nitrogens with two attached hydrogens (primary N) is 2. The summed E-state index contributed by atoms with van der Waals surface area (Å²) in [6.45, 7) is 9.15. The molecule has 1 aliphatic heterocycles. The zero-order valence-electron chi connectivity index (χ0n) is 27.1. The smallest absolute Gasteiger partial charge is 0.230 e. The highest BCUT2D eigenvalue weighted by molar-refractivity contribution is 7.15. The Labute approximate surface area is 271 Å². The average molecular weight is 636 g/mol. The molecule has 2 aromatic rings. The summed E-state index contributed by atoms with van der Waals surface area (Å²) in [5, 5.41) is 15.1. The summed E-state index contributed by atoms with van der Waals surface area (Å²) >= 11 is 1.37. The predicted octanol–water partition coefficient (Wildman–Crippen LogP) is 5.64. The first-order chi connectivity index (χ1) is 21.7. The van der Waals surface area contributed by atoms with Crippen molar-refractivity contribution >= 4 is 34.2 Å². The maximum atomic E-state index is 12.6. The van der Waals surface area contributed by atoms with Gasteiger partial charge in [-0.3, -0.25) is 14.4 Å². The van der Waals surface area contributed by atoms with E-state index >= 15 is 0 Å². The van der Waals surface area contributed by atoms with Crippen molar-refractivity contribution in [3.63, 3.8) is 0 Å². The molecular weight excluding hydrogens is 586 g/mol. The number of nitrogens with one attached hydrogen (secondary N) is 2. The number of benzene rings is 1. The quantitative estimate of drug-likeness (QED) is 0.146. The van der Waals surface area contributed by atoms with Crippen molar-refractivity contribution in [2.75, 3.05) is 11.9 Å². The molecule has 10 nitrogen and oxygen atoms in total. The lowest BCUT2D eigenvalue weighted by Gasteiger charge is -2.26. The van der Waals surface area contributed by atoms with Gasteiger partial charge in [0.05, 0.1) is 12.8 Å². The molecule has 0 unspecified atom stereocenters. The zero-order valence-corrected chi connectivity index (χ0v) is 27.9. The van der Waals surface area contributed by atoms with E-state index in [1.807, 2.05) is 75.1 Å². The number of aryl methyl sites for hydroxylation is 1. The van der Waals surface area contributed by atoms with E-state index in [0.29, 0.717) is 30.2 Å². The van der Waals surface area contributed by atoms with Gasteiger partial charge in [0.1, 0.15) is 10.8 Å². The molecule has 11 heteroatoms. The first-order valence-electron chi connectivity index (χ1n) is 15.7. The summed E-state index contributed by atoms with van der Waals surface area (Å²) in [5.74, 6) is 0.0980. The number of unbranched alkanes of at least 4 members (excludes halogenated alkanes) is 1. The van der Waals surface area contributed by atoms with Crippen LogP contribution in [0.15, 0.2) is 71.7 Å². The average Bonchev–Trinajstić information content (AvgIpc) is 3.47. The number of amides is 3. The number of piperidine rings is 1. The highest BCUT2D eigenvalue weighted by Crippen LogP contribution is 2.19. The lowest BCUT2D eigenvalue weighted by Crippen LogP contribution is -2.34. The van der Waals surface area contributed by atoms with Crippen molar-refractivity contribution < 1.29 is 14.4 Å². The molecule has 1 aliphatic rings. The summed E-state index contributed by atoms with van der Waals surface area (Å²) in [7, 11) is 0. The van der Waals surface area contributed by atoms with Gasteiger partial charge in [0.2, 0.25) is 22.9 Å². The van der Waals surface area contributed by atoms with Crippen LogP contribution in [0.4, 0.5) is 5.13 Å². The molecule has 1 fully saturated rings. The van der Waals surface area contributed by atoms with Gasteiger partial charge in [-0.2, -0.15) is 0 Å². The maximum Gasteiger partial charge on any atom is 0.230 e. The molecule has 0 saturated carbocycles. The molecule has 2 heterocycles. The summed E-state index contributed by atoms with van der Waals surface area (Å²) < 4.78 is 0. The predicted molar refractivity (Wildman–Crippen MR) is 183 cm³/mol. The fraction of sp³-hybridized carbons (Fsp3) is 0.441. The molecule has 0 spiro atoms. The summed E-state index contributed by atoms with van der Waals surface area (Å²) in [4.78, 5) is 38.8. The van der Waals surface area contributed by atoms with Gasteiger partial charge in [0.25, 0.3) is 0 Å². The van der Waals surface area contributed by atoms with Gasteiger partial charge in [0.15, 0.2) is 0 Å².